The van der Waals surface area contributed by atoms with Gasteiger partial charge in [0.2, 0.25) is 0 Å². The number of benzene rings is 1. The Morgan fingerprint density at radius 2 is 2.00 bits per heavy atom. The number of rotatable bonds is 4. The van der Waals surface area contributed by atoms with Crippen molar-refractivity contribution in [3.8, 4) is 0 Å². The zero-order valence-electron chi connectivity index (χ0n) is 11.0. The molecule has 1 unspecified atom stereocenters. The molecule has 1 aliphatic rings. The predicted molar refractivity (Wildman–Crippen MR) is 81.5 cm³/mol. The Kier molecular flexibility index (Phi) is 5.54. The number of nitrogens with two attached hydrogens (primary N) is 1. The number of hydrogen-bond acceptors (Lipinski definition) is 3. The van der Waals surface area contributed by atoms with Gasteiger partial charge in [0.05, 0.1) is 12.6 Å². The van der Waals surface area contributed by atoms with Crippen molar-refractivity contribution in [2.45, 2.75) is 12.5 Å². The van der Waals surface area contributed by atoms with E-state index in [4.69, 9.17) is 5.73 Å². The summed E-state index contributed by atoms with van der Waals surface area (Å²) in [4.78, 5) is 6.39. The molecule has 1 aliphatic heterocycles. The highest BCUT2D eigenvalue weighted by molar-refractivity contribution is 7.99. The maximum absolute atomic E-state index is 9.96. The summed E-state index contributed by atoms with van der Waals surface area (Å²) < 4.78 is 0. The summed E-state index contributed by atoms with van der Waals surface area (Å²) >= 11 is 1.94. The average molecular weight is 279 g/mol. The van der Waals surface area contributed by atoms with Crippen molar-refractivity contribution in [2.24, 2.45) is 10.7 Å². The second-order valence-corrected chi connectivity index (χ2v) is 5.87. The first-order valence-electron chi connectivity index (χ1n) is 6.60. The minimum atomic E-state index is -0.472. The van der Waals surface area contributed by atoms with Crippen LogP contribution in [0.25, 0.3) is 0 Å². The minimum Gasteiger partial charge on any atom is -0.391 e. The van der Waals surface area contributed by atoms with E-state index in [0.717, 1.165) is 30.2 Å². The topological polar surface area (TPSA) is 61.9 Å². The quantitative estimate of drug-likeness (QED) is 0.636. The lowest BCUT2D eigenvalue weighted by Gasteiger charge is -2.27. The van der Waals surface area contributed by atoms with Crippen molar-refractivity contribution in [1.82, 2.24) is 4.90 Å². The molecule has 0 aliphatic carbocycles. The van der Waals surface area contributed by atoms with Crippen molar-refractivity contribution < 1.29 is 5.11 Å². The first-order valence-corrected chi connectivity index (χ1v) is 7.76. The molecule has 5 heteroatoms. The Balaban J connectivity index is 1.80. The van der Waals surface area contributed by atoms with Gasteiger partial charge >= 0.3 is 0 Å². The standard InChI is InChI=1S/C14H21N3OS/c15-14(17-6-8-19-9-7-17)16-11-13(18)10-12-4-2-1-3-5-12/h1-5,13,18H,6-11H2,(H2,15,16). The van der Waals surface area contributed by atoms with Crippen LogP contribution in [0.2, 0.25) is 0 Å². The second kappa shape index (κ2) is 7.40. The molecule has 3 N–H and O–H groups in total. The van der Waals surface area contributed by atoms with Crippen molar-refractivity contribution in [3.63, 3.8) is 0 Å². The summed E-state index contributed by atoms with van der Waals surface area (Å²) in [7, 11) is 0. The molecule has 1 aromatic carbocycles. The zero-order chi connectivity index (χ0) is 13.5. The summed E-state index contributed by atoms with van der Waals surface area (Å²) in [5, 5.41) is 9.96. The van der Waals surface area contributed by atoms with E-state index in [1.54, 1.807) is 0 Å². The Hall–Kier alpha value is -1.20. The fraction of sp³-hybridized carbons (Fsp3) is 0.500. The molecule has 0 bridgehead atoms. The van der Waals surface area contributed by atoms with Gasteiger partial charge in [0.25, 0.3) is 0 Å². The van der Waals surface area contributed by atoms with Gasteiger partial charge in [-0.1, -0.05) is 30.3 Å². The number of aliphatic hydroxyl groups excluding tert-OH is 1. The van der Waals surface area contributed by atoms with E-state index in [0.29, 0.717) is 18.9 Å². The molecule has 2 rings (SSSR count). The summed E-state index contributed by atoms with van der Waals surface area (Å²) in [6.45, 7) is 2.27. The molecule has 0 radical (unpaired) electrons. The SMILES string of the molecule is NC(=NCC(O)Cc1ccccc1)N1CCSCC1. The molecule has 1 saturated heterocycles. The fourth-order valence-electron chi connectivity index (χ4n) is 2.04. The average Bonchev–Trinajstić information content (AvgIpc) is 2.47. The van der Waals surface area contributed by atoms with Crippen LogP contribution < -0.4 is 5.73 Å². The Morgan fingerprint density at radius 3 is 2.68 bits per heavy atom. The highest BCUT2D eigenvalue weighted by Gasteiger charge is 2.12. The van der Waals surface area contributed by atoms with Crippen LogP contribution in [-0.4, -0.2) is 53.2 Å². The van der Waals surface area contributed by atoms with Gasteiger partial charge in [-0.3, -0.25) is 4.99 Å². The van der Waals surface area contributed by atoms with Gasteiger partial charge in [-0.25, -0.2) is 0 Å². The van der Waals surface area contributed by atoms with Crippen molar-refractivity contribution >= 4 is 17.7 Å². The van der Waals surface area contributed by atoms with Crippen molar-refractivity contribution in [1.29, 1.82) is 0 Å². The lowest BCUT2D eigenvalue weighted by molar-refractivity contribution is 0.183. The molecular weight excluding hydrogens is 258 g/mol. The Bertz CT molecular complexity index is 404. The van der Waals surface area contributed by atoms with Gasteiger partial charge in [-0.15, -0.1) is 0 Å². The molecule has 4 nitrogen and oxygen atoms in total. The van der Waals surface area contributed by atoms with Gasteiger partial charge in [-0.05, 0) is 5.56 Å². The van der Waals surface area contributed by atoms with E-state index in [1.165, 1.54) is 0 Å². The lowest BCUT2D eigenvalue weighted by Crippen LogP contribution is -2.43. The maximum atomic E-state index is 9.96. The number of thioether (sulfide) groups is 1. The van der Waals surface area contributed by atoms with Crippen LogP contribution in [-0.2, 0) is 6.42 Å². The first kappa shape index (κ1) is 14.2. The maximum Gasteiger partial charge on any atom is 0.191 e. The van der Waals surface area contributed by atoms with Gasteiger partial charge < -0.3 is 15.7 Å². The third-order valence-electron chi connectivity index (χ3n) is 3.11. The third kappa shape index (κ3) is 4.76. The van der Waals surface area contributed by atoms with Crippen LogP contribution in [0.5, 0.6) is 0 Å². The number of aliphatic hydroxyl groups is 1. The molecule has 19 heavy (non-hydrogen) atoms. The van der Waals surface area contributed by atoms with Crippen molar-refractivity contribution in [2.75, 3.05) is 31.1 Å². The Morgan fingerprint density at radius 1 is 1.32 bits per heavy atom. The van der Waals surface area contributed by atoms with Crippen LogP contribution in [0.3, 0.4) is 0 Å². The van der Waals surface area contributed by atoms with E-state index >= 15 is 0 Å². The smallest absolute Gasteiger partial charge is 0.191 e. The number of hydrogen-bond donors (Lipinski definition) is 2. The van der Waals surface area contributed by atoms with Crippen LogP contribution in [0.1, 0.15) is 5.56 Å². The minimum absolute atomic E-state index is 0.365. The van der Waals surface area contributed by atoms with Gasteiger partial charge in [0.1, 0.15) is 0 Å². The molecule has 0 spiro atoms. The highest BCUT2D eigenvalue weighted by atomic mass is 32.2. The Labute approximate surface area is 118 Å². The molecule has 1 aromatic rings. The van der Waals surface area contributed by atoms with E-state index in [-0.39, 0.29) is 0 Å². The number of aliphatic imine (C=N–C) groups is 1. The van der Waals surface area contributed by atoms with Gasteiger partial charge in [0, 0.05) is 31.0 Å². The summed E-state index contributed by atoms with van der Waals surface area (Å²) in [5.41, 5.74) is 7.07. The largest absolute Gasteiger partial charge is 0.391 e. The van der Waals surface area contributed by atoms with E-state index < -0.39 is 6.10 Å². The van der Waals surface area contributed by atoms with E-state index in [2.05, 4.69) is 9.89 Å². The van der Waals surface area contributed by atoms with Gasteiger partial charge in [-0.2, -0.15) is 11.8 Å². The van der Waals surface area contributed by atoms with Crippen LogP contribution in [0.4, 0.5) is 0 Å². The summed E-state index contributed by atoms with van der Waals surface area (Å²) in [5.74, 6) is 2.76. The zero-order valence-corrected chi connectivity index (χ0v) is 11.9. The number of guanidine groups is 1. The van der Waals surface area contributed by atoms with Crippen LogP contribution >= 0.6 is 11.8 Å². The molecule has 104 valence electrons. The molecule has 1 atom stereocenters. The summed E-state index contributed by atoms with van der Waals surface area (Å²) in [6, 6.07) is 9.95. The lowest BCUT2D eigenvalue weighted by atomic mass is 10.1. The molecule has 1 fully saturated rings. The fourth-order valence-corrected chi connectivity index (χ4v) is 2.95. The monoisotopic (exact) mass is 279 g/mol. The normalized spacial score (nSPS) is 18.4. The molecule has 0 saturated carbocycles. The molecule has 1 heterocycles. The third-order valence-corrected chi connectivity index (χ3v) is 4.06. The first-order chi connectivity index (χ1) is 9.25. The van der Waals surface area contributed by atoms with Crippen LogP contribution in [0.15, 0.2) is 35.3 Å². The number of nitrogens with zero attached hydrogens (tertiary/aromatic N) is 2. The molecule has 0 aromatic heterocycles. The van der Waals surface area contributed by atoms with Crippen LogP contribution in [0, 0.1) is 0 Å². The second-order valence-electron chi connectivity index (χ2n) is 4.64. The van der Waals surface area contributed by atoms with E-state index in [1.807, 2.05) is 42.1 Å². The molecule has 0 amide bonds. The molecular formula is C14H21N3OS. The van der Waals surface area contributed by atoms with Crippen molar-refractivity contribution in [3.05, 3.63) is 35.9 Å². The van der Waals surface area contributed by atoms with Gasteiger partial charge in [0.15, 0.2) is 5.96 Å². The predicted octanol–water partition coefficient (Wildman–Crippen LogP) is 0.953. The highest BCUT2D eigenvalue weighted by Crippen LogP contribution is 2.09. The van der Waals surface area contributed by atoms with E-state index in [9.17, 15) is 5.11 Å². The summed E-state index contributed by atoms with van der Waals surface area (Å²) in [6.07, 6.45) is 0.146.